The molecule has 6 nitrogen and oxygen atoms in total. The molecular formula is C19H25NO5S. The molecule has 1 aromatic rings. The van der Waals surface area contributed by atoms with E-state index in [-0.39, 0.29) is 25.1 Å². The topological polar surface area (TPSA) is 81.7 Å². The number of carbonyl (C=O) groups is 3. The van der Waals surface area contributed by atoms with Gasteiger partial charge in [-0.3, -0.25) is 9.59 Å². The predicted molar refractivity (Wildman–Crippen MR) is 98.3 cm³/mol. The second kappa shape index (κ2) is 7.78. The predicted octanol–water partition coefficient (Wildman–Crippen LogP) is 3.19. The van der Waals surface area contributed by atoms with Crippen molar-refractivity contribution in [2.45, 2.75) is 46.5 Å². The average molecular weight is 379 g/mol. The van der Waals surface area contributed by atoms with Crippen molar-refractivity contribution in [2.24, 2.45) is 17.8 Å². The van der Waals surface area contributed by atoms with Crippen LogP contribution in [0.25, 0.3) is 0 Å². The van der Waals surface area contributed by atoms with Gasteiger partial charge in [-0.2, -0.15) is 0 Å². The molecule has 3 atom stereocenters. The van der Waals surface area contributed by atoms with Gasteiger partial charge in [0.1, 0.15) is 5.00 Å². The van der Waals surface area contributed by atoms with E-state index in [0.717, 1.165) is 36.1 Å². The van der Waals surface area contributed by atoms with Crippen molar-refractivity contribution in [3.63, 3.8) is 0 Å². The quantitative estimate of drug-likeness (QED) is 0.768. The Balaban J connectivity index is 1.70. The molecule has 3 unspecified atom stereocenters. The van der Waals surface area contributed by atoms with Crippen LogP contribution in [-0.4, -0.2) is 31.1 Å². The van der Waals surface area contributed by atoms with Gasteiger partial charge in [0.05, 0.1) is 18.1 Å². The summed E-state index contributed by atoms with van der Waals surface area (Å²) >= 11 is 1.43. The third kappa shape index (κ3) is 4.09. The van der Waals surface area contributed by atoms with Crippen molar-refractivity contribution in [3.8, 4) is 0 Å². The lowest BCUT2D eigenvalue weighted by Crippen LogP contribution is -2.22. The highest BCUT2D eigenvalue weighted by Gasteiger charge is 2.40. The number of fused-ring (bicyclic) bond motifs is 1. The van der Waals surface area contributed by atoms with E-state index in [2.05, 4.69) is 12.2 Å². The Hall–Kier alpha value is -1.89. The van der Waals surface area contributed by atoms with E-state index in [4.69, 9.17) is 9.47 Å². The van der Waals surface area contributed by atoms with E-state index in [1.165, 1.54) is 11.3 Å². The van der Waals surface area contributed by atoms with Crippen LogP contribution in [0.2, 0.25) is 0 Å². The van der Waals surface area contributed by atoms with Crippen molar-refractivity contribution in [1.29, 1.82) is 0 Å². The zero-order chi connectivity index (χ0) is 18.8. The third-order valence-corrected chi connectivity index (χ3v) is 6.17. The summed E-state index contributed by atoms with van der Waals surface area (Å²) in [4.78, 5) is 37.5. The number of ether oxygens (including phenoxy) is 2. The molecule has 142 valence electrons. The first-order valence-electron chi connectivity index (χ1n) is 9.18. The molecule has 1 amide bonds. The molecule has 1 aromatic heterocycles. The van der Waals surface area contributed by atoms with E-state index < -0.39 is 11.9 Å². The summed E-state index contributed by atoms with van der Waals surface area (Å²) in [6.45, 7) is 5.88. The number of esters is 2. The summed E-state index contributed by atoms with van der Waals surface area (Å²) < 4.78 is 10.3. The molecule has 0 aromatic carbocycles. The van der Waals surface area contributed by atoms with Crippen LogP contribution >= 0.6 is 11.3 Å². The molecule has 0 radical (unpaired) electrons. The second-order valence-corrected chi connectivity index (χ2v) is 8.36. The summed E-state index contributed by atoms with van der Waals surface area (Å²) in [5.41, 5.74) is 1.46. The number of hydrogen-bond acceptors (Lipinski definition) is 6. The van der Waals surface area contributed by atoms with Gasteiger partial charge in [-0.1, -0.05) is 13.8 Å². The standard InChI is InChI=1S/C19H25NO5S/c1-4-24-19(23)16-12-6-5-10(2)7-14(12)26-17(16)20-15(21)9-25-18(22)13-8-11(13)3/h10-11,13H,4-9H2,1-3H3,(H,20,21). The molecule has 3 rings (SSSR count). The van der Waals surface area contributed by atoms with Crippen molar-refractivity contribution in [3.05, 3.63) is 16.0 Å². The molecule has 0 spiro atoms. The molecule has 1 heterocycles. The number of carbonyl (C=O) groups excluding carboxylic acids is 3. The van der Waals surface area contributed by atoms with Gasteiger partial charge in [0.25, 0.3) is 5.91 Å². The van der Waals surface area contributed by atoms with E-state index >= 15 is 0 Å². The fraction of sp³-hybridized carbons (Fsp3) is 0.632. The minimum atomic E-state index is -0.427. The molecule has 1 fully saturated rings. The maximum atomic E-state index is 12.4. The Labute approximate surface area is 157 Å². The Kier molecular flexibility index (Phi) is 5.65. The minimum absolute atomic E-state index is 0.0755. The van der Waals surface area contributed by atoms with Gasteiger partial charge in [-0.05, 0) is 50.0 Å². The SMILES string of the molecule is CCOC(=O)c1c(NC(=O)COC(=O)C2CC2C)sc2c1CCC(C)C2. The van der Waals surface area contributed by atoms with Crippen LogP contribution in [-0.2, 0) is 31.9 Å². The van der Waals surface area contributed by atoms with Crippen LogP contribution in [0.15, 0.2) is 0 Å². The van der Waals surface area contributed by atoms with Crippen molar-refractivity contribution >= 4 is 34.2 Å². The third-order valence-electron chi connectivity index (χ3n) is 5.00. The first-order valence-corrected chi connectivity index (χ1v) is 10.0. The van der Waals surface area contributed by atoms with Crippen molar-refractivity contribution in [2.75, 3.05) is 18.5 Å². The fourth-order valence-corrected chi connectivity index (χ4v) is 4.73. The highest BCUT2D eigenvalue weighted by atomic mass is 32.1. The van der Waals surface area contributed by atoms with E-state index in [1.807, 2.05) is 6.92 Å². The summed E-state index contributed by atoms with van der Waals surface area (Å²) in [6.07, 6.45) is 3.55. The lowest BCUT2D eigenvalue weighted by atomic mass is 9.88. The summed E-state index contributed by atoms with van der Waals surface area (Å²) in [5.74, 6) is -0.332. The number of thiophene rings is 1. The van der Waals surface area contributed by atoms with E-state index in [9.17, 15) is 14.4 Å². The Morgan fingerprint density at radius 1 is 1.23 bits per heavy atom. The van der Waals surface area contributed by atoms with Crippen molar-refractivity contribution in [1.82, 2.24) is 0 Å². The van der Waals surface area contributed by atoms with Crippen LogP contribution in [0.4, 0.5) is 5.00 Å². The van der Waals surface area contributed by atoms with Gasteiger partial charge in [0.15, 0.2) is 6.61 Å². The van der Waals surface area contributed by atoms with Crippen LogP contribution in [0.1, 0.15) is 54.4 Å². The zero-order valence-corrected chi connectivity index (χ0v) is 16.2. The number of nitrogens with one attached hydrogen (secondary N) is 1. The van der Waals surface area contributed by atoms with Crippen molar-refractivity contribution < 1.29 is 23.9 Å². The molecule has 1 saturated carbocycles. The average Bonchev–Trinajstić information content (AvgIpc) is 3.21. The Morgan fingerprint density at radius 3 is 2.62 bits per heavy atom. The molecule has 2 aliphatic carbocycles. The first kappa shape index (κ1) is 18.9. The number of rotatable bonds is 6. The smallest absolute Gasteiger partial charge is 0.341 e. The summed E-state index contributed by atoms with van der Waals surface area (Å²) in [5, 5.41) is 3.25. The fourth-order valence-electron chi connectivity index (χ4n) is 3.31. The number of hydrogen-bond donors (Lipinski definition) is 1. The maximum absolute atomic E-state index is 12.4. The summed E-state index contributed by atoms with van der Waals surface area (Å²) in [6, 6.07) is 0. The van der Waals surface area contributed by atoms with Gasteiger partial charge in [0.2, 0.25) is 0 Å². The molecule has 1 N–H and O–H groups in total. The zero-order valence-electron chi connectivity index (χ0n) is 15.4. The second-order valence-electron chi connectivity index (χ2n) is 7.25. The molecule has 26 heavy (non-hydrogen) atoms. The van der Waals surface area contributed by atoms with Gasteiger partial charge in [-0.15, -0.1) is 11.3 Å². The highest BCUT2D eigenvalue weighted by molar-refractivity contribution is 7.17. The van der Waals surface area contributed by atoms with Gasteiger partial charge < -0.3 is 14.8 Å². The maximum Gasteiger partial charge on any atom is 0.341 e. The molecular weight excluding hydrogens is 354 g/mol. The van der Waals surface area contributed by atoms with Crippen LogP contribution in [0, 0.1) is 17.8 Å². The lowest BCUT2D eigenvalue weighted by Gasteiger charge is -2.18. The van der Waals surface area contributed by atoms with Crippen LogP contribution in [0.5, 0.6) is 0 Å². The van der Waals surface area contributed by atoms with Gasteiger partial charge in [0, 0.05) is 4.88 Å². The van der Waals surface area contributed by atoms with Gasteiger partial charge >= 0.3 is 11.9 Å². The lowest BCUT2D eigenvalue weighted by molar-refractivity contribution is -0.148. The van der Waals surface area contributed by atoms with Crippen LogP contribution < -0.4 is 5.32 Å². The molecule has 0 aliphatic heterocycles. The number of anilines is 1. The van der Waals surface area contributed by atoms with E-state index in [1.54, 1.807) is 6.92 Å². The number of amides is 1. The van der Waals surface area contributed by atoms with E-state index in [0.29, 0.717) is 22.4 Å². The Bertz CT molecular complexity index is 726. The van der Waals surface area contributed by atoms with Gasteiger partial charge in [-0.25, -0.2) is 4.79 Å². The molecule has 0 saturated heterocycles. The Morgan fingerprint density at radius 2 is 1.96 bits per heavy atom. The normalized spacial score (nSPS) is 23.7. The largest absolute Gasteiger partial charge is 0.462 e. The molecule has 2 aliphatic rings. The molecule has 0 bridgehead atoms. The summed E-state index contributed by atoms with van der Waals surface area (Å²) in [7, 11) is 0. The van der Waals surface area contributed by atoms with Crippen LogP contribution in [0.3, 0.4) is 0 Å². The molecule has 7 heteroatoms. The first-order chi connectivity index (χ1) is 12.4. The monoisotopic (exact) mass is 379 g/mol. The minimum Gasteiger partial charge on any atom is -0.462 e. The highest BCUT2D eigenvalue weighted by Crippen LogP contribution is 2.40.